The molecule has 0 aliphatic carbocycles. The van der Waals surface area contributed by atoms with Gasteiger partial charge in [-0.25, -0.2) is 18.3 Å². The van der Waals surface area contributed by atoms with E-state index in [9.17, 15) is 18.8 Å². The van der Waals surface area contributed by atoms with Crippen LogP contribution in [0.25, 0.3) is 0 Å². The zero-order valence-corrected chi connectivity index (χ0v) is 20.2. The molecule has 2 aromatic heterocycles. The molecule has 0 spiro atoms. The fourth-order valence-corrected chi connectivity index (χ4v) is 4.77. The number of likely N-dealkylation sites (tertiary alicyclic amines) is 1. The number of carbonyl (C=O) groups excluding carboxylic acids is 1. The summed E-state index contributed by atoms with van der Waals surface area (Å²) in [5.41, 5.74) is 5.50. The second-order valence-corrected chi connectivity index (χ2v) is 9.12. The van der Waals surface area contributed by atoms with Crippen LogP contribution in [-0.2, 0) is 26.7 Å². The maximum absolute atomic E-state index is 13.5. The number of rotatable bonds is 8. The molecule has 1 aromatic carbocycles. The van der Waals surface area contributed by atoms with Gasteiger partial charge in [-0.3, -0.25) is 23.6 Å². The van der Waals surface area contributed by atoms with Gasteiger partial charge in [-0.05, 0) is 44.0 Å². The number of hydrogen-bond acceptors (Lipinski definition) is 5. The Bertz CT molecular complexity index is 1320. The first-order chi connectivity index (χ1) is 16.8. The zero-order valence-electron chi connectivity index (χ0n) is 20.2. The molecule has 0 bridgehead atoms. The second-order valence-electron chi connectivity index (χ2n) is 9.12. The highest BCUT2D eigenvalue weighted by Gasteiger charge is 2.29. The summed E-state index contributed by atoms with van der Waals surface area (Å²) in [4.78, 5) is 41.7. The van der Waals surface area contributed by atoms with Crippen molar-refractivity contribution in [2.45, 2.75) is 51.9 Å². The molecule has 9 nitrogen and oxygen atoms in total. The molecule has 0 unspecified atom stereocenters. The average Bonchev–Trinajstić information content (AvgIpc) is 3.24. The van der Waals surface area contributed by atoms with E-state index in [1.807, 2.05) is 30.3 Å². The minimum Gasteiger partial charge on any atom is -0.384 e. The van der Waals surface area contributed by atoms with E-state index >= 15 is 0 Å². The summed E-state index contributed by atoms with van der Waals surface area (Å²) in [6.45, 7) is 3.36. The number of nitrogens with zero attached hydrogens (tertiary/aromatic N) is 5. The van der Waals surface area contributed by atoms with Crippen LogP contribution in [0.5, 0.6) is 0 Å². The predicted octanol–water partition coefficient (Wildman–Crippen LogP) is 1.16. The SMILES string of the molecule is CCn1c(=O)c(C(=O)CN2CCCC[C@@H]2C[n+]2ccn(C)c2)c(N)n(Cc2ccc(F)cc2)c1=O. The lowest BCUT2D eigenvalue weighted by atomic mass is 10.0. The van der Waals surface area contributed by atoms with Crippen LogP contribution >= 0.6 is 0 Å². The molecule has 3 heterocycles. The number of imidazole rings is 1. The summed E-state index contributed by atoms with van der Waals surface area (Å²) in [6, 6.07) is 5.83. The molecule has 4 rings (SSSR count). The summed E-state index contributed by atoms with van der Waals surface area (Å²) in [5.74, 6) is -0.939. The van der Waals surface area contributed by atoms with Crippen LogP contribution in [0.15, 0.2) is 52.6 Å². The summed E-state index contributed by atoms with van der Waals surface area (Å²) >= 11 is 0. The van der Waals surface area contributed by atoms with Crippen molar-refractivity contribution in [3.05, 3.63) is 80.8 Å². The van der Waals surface area contributed by atoms with Crippen molar-refractivity contribution in [2.75, 3.05) is 18.8 Å². The van der Waals surface area contributed by atoms with Crippen molar-refractivity contribution in [3.8, 4) is 0 Å². The number of hydrogen-bond donors (Lipinski definition) is 1. The molecule has 1 aliphatic heterocycles. The number of halogens is 1. The molecule has 0 amide bonds. The quantitative estimate of drug-likeness (QED) is 0.383. The summed E-state index contributed by atoms with van der Waals surface area (Å²) < 4.78 is 19.6. The van der Waals surface area contributed by atoms with Crippen molar-refractivity contribution in [3.63, 3.8) is 0 Å². The predicted molar refractivity (Wildman–Crippen MR) is 130 cm³/mol. The van der Waals surface area contributed by atoms with Gasteiger partial charge in [0.05, 0.1) is 20.1 Å². The van der Waals surface area contributed by atoms with Gasteiger partial charge >= 0.3 is 5.69 Å². The van der Waals surface area contributed by atoms with E-state index in [4.69, 9.17) is 5.73 Å². The summed E-state index contributed by atoms with van der Waals surface area (Å²) in [5, 5.41) is 0. The molecule has 1 fully saturated rings. The first kappa shape index (κ1) is 24.6. The van der Waals surface area contributed by atoms with Crippen LogP contribution in [-0.4, -0.2) is 43.5 Å². The minimum atomic E-state index is -0.665. The molecule has 2 N–H and O–H groups in total. The Labute approximate surface area is 202 Å². The van der Waals surface area contributed by atoms with Crippen molar-refractivity contribution in [2.24, 2.45) is 7.05 Å². The van der Waals surface area contributed by atoms with Gasteiger partial charge < -0.3 is 5.73 Å². The number of benzene rings is 1. The van der Waals surface area contributed by atoms with Crippen LogP contribution in [0.2, 0.25) is 0 Å². The van der Waals surface area contributed by atoms with Crippen molar-refractivity contribution in [1.29, 1.82) is 0 Å². The van der Waals surface area contributed by atoms with Crippen molar-refractivity contribution in [1.82, 2.24) is 18.6 Å². The summed E-state index contributed by atoms with van der Waals surface area (Å²) in [7, 11) is 1.96. The number of Topliss-reactive ketones (excluding diaryl/α,β-unsaturated/α-hetero) is 1. The molecular weight excluding hydrogens is 451 g/mol. The highest BCUT2D eigenvalue weighted by molar-refractivity contribution is 6.01. The first-order valence-electron chi connectivity index (χ1n) is 11.9. The van der Waals surface area contributed by atoms with E-state index in [2.05, 4.69) is 9.47 Å². The summed E-state index contributed by atoms with van der Waals surface area (Å²) in [6.07, 6.45) is 8.97. The van der Waals surface area contributed by atoms with Crippen molar-refractivity contribution >= 4 is 11.6 Å². The van der Waals surface area contributed by atoms with Gasteiger partial charge in [0.25, 0.3) is 5.56 Å². The topological polar surface area (TPSA) is 99.1 Å². The number of nitrogens with two attached hydrogens (primary N) is 1. The molecule has 1 aliphatic rings. The maximum Gasteiger partial charge on any atom is 0.332 e. The molecule has 10 heteroatoms. The monoisotopic (exact) mass is 483 g/mol. The Kier molecular flexibility index (Phi) is 7.30. The molecule has 0 radical (unpaired) electrons. The van der Waals surface area contributed by atoms with Gasteiger partial charge in [0.2, 0.25) is 6.33 Å². The minimum absolute atomic E-state index is 0.0303. The number of anilines is 1. The highest BCUT2D eigenvalue weighted by atomic mass is 19.1. The Morgan fingerprint density at radius 3 is 2.57 bits per heavy atom. The second kappa shape index (κ2) is 10.4. The van der Waals surface area contributed by atoms with Gasteiger partial charge in [0, 0.05) is 12.6 Å². The standard InChI is InChI=1S/C25H31FN6O3/c1-3-31-24(34)22(23(27)32(25(31)35)14-18-7-9-19(26)10-8-18)21(33)16-30-11-5-4-6-20(30)15-29-13-12-28(2)17-29/h7-10,12-13,17,20H,3-6,11,14-16H2,1-2H3,(H-,27,33,34)/p+1/t20-/m1/s1. The van der Waals surface area contributed by atoms with E-state index in [1.165, 1.54) is 16.7 Å². The number of piperidine rings is 1. The normalized spacial score (nSPS) is 16.5. The third-order valence-electron chi connectivity index (χ3n) is 6.66. The fraction of sp³-hybridized carbons (Fsp3) is 0.440. The largest absolute Gasteiger partial charge is 0.384 e. The molecule has 1 saturated heterocycles. The van der Waals surface area contributed by atoms with E-state index in [-0.39, 0.29) is 37.1 Å². The van der Waals surface area contributed by atoms with Crippen LogP contribution in [0.1, 0.15) is 42.1 Å². The smallest absolute Gasteiger partial charge is 0.332 e. The zero-order chi connectivity index (χ0) is 25.1. The Hall–Kier alpha value is -3.53. The van der Waals surface area contributed by atoms with Crippen molar-refractivity contribution < 1.29 is 13.8 Å². The van der Waals surface area contributed by atoms with Gasteiger partial charge in [-0.2, -0.15) is 0 Å². The Morgan fingerprint density at radius 1 is 1.17 bits per heavy atom. The van der Waals surface area contributed by atoms with Gasteiger partial charge in [-0.1, -0.05) is 18.6 Å². The highest BCUT2D eigenvalue weighted by Crippen LogP contribution is 2.19. The molecule has 3 aromatic rings. The lowest BCUT2D eigenvalue weighted by molar-refractivity contribution is -0.701. The van der Waals surface area contributed by atoms with Crippen LogP contribution < -0.4 is 21.5 Å². The Balaban J connectivity index is 1.64. The van der Waals surface area contributed by atoms with E-state index in [0.29, 0.717) is 5.56 Å². The average molecular weight is 484 g/mol. The third-order valence-corrected chi connectivity index (χ3v) is 6.66. The Morgan fingerprint density at radius 2 is 1.91 bits per heavy atom. The number of ketones is 1. The van der Waals surface area contributed by atoms with E-state index in [0.717, 1.165) is 36.9 Å². The molecule has 35 heavy (non-hydrogen) atoms. The number of carbonyl (C=O) groups is 1. The number of aromatic nitrogens is 4. The van der Waals surface area contributed by atoms with E-state index < -0.39 is 22.8 Å². The van der Waals surface area contributed by atoms with E-state index in [1.54, 1.807) is 19.1 Å². The fourth-order valence-electron chi connectivity index (χ4n) is 4.77. The van der Waals surface area contributed by atoms with Crippen LogP contribution in [0, 0.1) is 5.82 Å². The third kappa shape index (κ3) is 5.27. The van der Waals surface area contributed by atoms with Crippen LogP contribution in [0.4, 0.5) is 10.2 Å². The van der Waals surface area contributed by atoms with Gasteiger partial charge in [0.1, 0.15) is 36.1 Å². The van der Waals surface area contributed by atoms with Gasteiger partial charge in [0.15, 0.2) is 5.78 Å². The number of aryl methyl sites for hydroxylation is 1. The number of nitrogen functional groups attached to an aromatic ring is 1. The molecule has 1 atom stereocenters. The van der Waals surface area contributed by atoms with Gasteiger partial charge in [-0.15, -0.1) is 0 Å². The first-order valence-corrected chi connectivity index (χ1v) is 11.9. The lowest BCUT2D eigenvalue weighted by Crippen LogP contribution is -2.51. The van der Waals surface area contributed by atoms with Crippen LogP contribution in [0.3, 0.4) is 0 Å². The maximum atomic E-state index is 13.5. The molecular formula is C25H32FN6O3+. The molecule has 186 valence electrons. The molecule has 0 saturated carbocycles. The lowest BCUT2D eigenvalue weighted by Gasteiger charge is -2.34.